The number of unbranched alkanes of at least 4 members (excludes halogenated alkanes) is 8. The molecule has 0 saturated carbocycles. The summed E-state index contributed by atoms with van der Waals surface area (Å²) >= 11 is 0. The molecule has 0 unspecified atom stereocenters. The van der Waals surface area contributed by atoms with Crippen molar-refractivity contribution in [2.45, 2.75) is 96.5 Å². The van der Waals surface area contributed by atoms with Gasteiger partial charge in [-0.25, -0.2) is 0 Å². The van der Waals surface area contributed by atoms with Gasteiger partial charge in [0.15, 0.2) is 0 Å². The first-order valence-corrected chi connectivity index (χ1v) is 11.0. The molecule has 27 heavy (non-hydrogen) atoms. The topological polar surface area (TPSA) is 81.0 Å². The van der Waals surface area contributed by atoms with Crippen LogP contribution in [-0.4, -0.2) is 58.5 Å². The summed E-state index contributed by atoms with van der Waals surface area (Å²) in [6.07, 6.45) is 17.5. The molecule has 160 valence electrons. The second-order valence-electron chi connectivity index (χ2n) is 7.34. The second kappa shape index (κ2) is 19.8. The van der Waals surface area contributed by atoms with Crippen LogP contribution in [0.15, 0.2) is 12.2 Å². The maximum Gasteiger partial charge on any atom is 0.222 e. The van der Waals surface area contributed by atoms with E-state index >= 15 is 0 Å². The first kappa shape index (κ1) is 26.1. The Labute approximate surface area is 166 Å². The molecular formula is C22H43NO4. The van der Waals surface area contributed by atoms with Crippen molar-refractivity contribution < 1.29 is 20.1 Å². The Morgan fingerprint density at radius 1 is 0.889 bits per heavy atom. The van der Waals surface area contributed by atoms with Gasteiger partial charge in [-0.3, -0.25) is 4.79 Å². The van der Waals surface area contributed by atoms with Gasteiger partial charge in [0.1, 0.15) is 0 Å². The average Bonchev–Trinajstić information content (AvgIpc) is 2.66. The van der Waals surface area contributed by atoms with Crippen molar-refractivity contribution in [2.75, 3.05) is 26.3 Å². The Kier molecular flexibility index (Phi) is 19.2. The fourth-order valence-electron chi connectivity index (χ4n) is 3.13. The fourth-order valence-corrected chi connectivity index (χ4v) is 3.13. The predicted octanol–water partition coefficient (Wildman–Crippen LogP) is 3.81. The van der Waals surface area contributed by atoms with Gasteiger partial charge in [-0.2, -0.15) is 0 Å². The van der Waals surface area contributed by atoms with E-state index < -0.39 is 0 Å². The number of rotatable bonds is 19. The number of carbonyl (C=O) groups excluding carboxylic acids is 1. The van der Waals surface area contributed by atoms with Crippen LogP contribution < -0.4 is 0 Å². The minimum absolute atomic E-state index is 0.0225. The summed E-state index contributed by atoms with van der Waals surface area (Å²) in [6.45, 7) is 2.69. The van der Waals surface area contributed by atoms with Crippen molar-refractivity contribution in [3.63, 3.8) is 0 Å². The minimum atomic E-state index is -0.188. The number of aliphatic hydroxyl groups is 3. The molecule has 0 aromatic heterocycles. The zero-order chi connectivity index (χ0) is 20.2. The molecule has 0 saturated heterocycles. The van der Waals surface area contributed by atoms with Gasteiger partial charge in [-0.15, -0.1) is 0 Å². The predicted molar refractivity (Wildman–Crippen MR) is 112 cm³/mol. The third-order valence-corrected chi connectivity index (χ3v) is 4.82. The van der Waals surface area contributed by atoms with Crippen LogP contribution in [-0.2, 0) is 4.79 Å². The molecule has 1 atom stereocenters. The highest BCUT2D eigenvalue weighted by Gasteiger charge is 2.11. The number of aliphatic hydroxyl groups excluding tert-OH is 3. The molecule has 0 radical (unpaired) electrons. The van der Waals surface area contributed by atoms with E-state index in [1.807, 2.05) is 0 Å². The highest BCUT2D eigenvalue weighted by atomic mass is 16.3. The highest BCUT2D eigenvalue weighted by Crippen LogP contribution is 2.11. The van der Waals surface area contributed by atoms with E-state index in [2.05, 4.69) is 19.1 Å². The second-order valence-corrected chi connectivity index (χ2v) is 7.34. The third-order valence-electron chi connectivity index (χ3n) is 4.82. The van der Waals surface area contributed by atoms with E-state index in [0.717, 1.165) is 57.8 Å². The molecule has 5 heteroatoms. The smallest absolute Gasteiger partial charge is 0.222 e. The molecular weight excluding hydrogens is 342 g/mol. The maximum absolute atomic E-state index is 12.0. The van der Waals surface area contributed by atoms with Crippen LogP contribution in [0.5, 0.6) is 0 Å². The Morgan fingerprint density at radius 2 is 1.52 bits per heavy atom. The summed E-state index contributed by atoms with van der Waals surface area (Å²) < 4.78 is 0. The lowest BCUT2D eigenvalue weighted by molar-refractivity contribution is -0.132. The van der Waals surface area contributed by atoms with E-state index in [4.69, 9.17) is 10.2 Å². The van der Waals surface area contributed by atoms with Gasteiger partial charge in [0.05, 0.1) is 19.3 Å². The number of allylic oxidation sites excluding steroid dienone is 1. The summed E-state index contributed by atoms with van der Waals surface area (Å²) in [5.41, 5.74) is 0. The van der Waals surface area contributed by atoms with Gasteiger partial charge in [-0.1, -0.05) is 64.0 Å². The van der Waals surface area contributed by atoms with Crippen molar-refractivity contribution in [2.24, 2.45) is 0 Å². The van der Waals surface area contributed by atoms with Gasteiger partial charge >= 0.3 is 0 Å². The molecule has 0 aliphatic carbocycles. The summed E-state index contributed by atoms with van der Waals surface area (Å²) in [5.74, 6) is 0.0225. The summed E-state index contributed by atoms with van der Waals surface area (Å²) in [4.78, 5) is 13.5. The molecule has 0 rings (SSSR count). The number of nitrogens with zero attached hydrogens (tertiary/aromatic N) is 1. The SMILES string of the molecule is CCCCCC[C@@H](O)CC=CCCCCCCCC(=O)N(CCO)CCO. The largest absolute Gasteiger partial charge is 0.395 e. The van der Waals surface area contributed by atoms with E-state index in [9.17, 15) is 9.90 Å². The van der Waals surface area contributed by atoms with Crippen molar-refractivity contribution in [3.05, 3.63) is 12.2 Å². The third kappa shape index (κ3) is 17.0. The van der Waals surface area contributed by atoms with Gasteiger partial charge < -0.3 is 20.2 Å². The van der Waals surface area contributed by atoms with Crippen LogP contribution in [0.25, 0.3) is 0 Å². The molecule has 5 nitrogen and oxygen atoms in total. The van der Waals surface area contributed by atoms with Crippen molar-refractivity contribution in [1.82, 2.24) is 4.90 Å². The van der Waals surface area contributed by atoms with E-state index in [1.165, 1.54) is 24.2 Å². The van der Waals surface area contributed by atoms with Crippen LogP contribution >= 0.6 is 0 Å². The zero-order valence-corrected chi connectivity index (χ0v) is 17.4. The monoisotopic (exact) mass is 385 g/mol. The van der Waals surface area contributed by atoms with Gasteiger partial charge in [0.2, 0.25) is 5.91 Å². The molecule has 1 amide bonds. The number of hydrogen-bond acceptors (Lipinski definition) is 4. The van der Waals surface area contributed by atoms with Crippen molar-refractivity contribution in [3.8, 4) is 0 Å². The molecule has 0 aliphatic rings. The lowest BCUT2D eigenvalue weighted by Crippen LogP contribution is -2.35. The van der Waals surface area contributed by atoms with E-state index in [1.54, 1.807) is 0 Å². The van der Waals surface area contributed by atoms with Crippen molar-refractivity contribution in [1.29, 1.82) is 0 Å². The molecule has 3 N–H and O–H groups in total. The average molecular weight is 386 g/mol. The van der Waals surface area contributed by atoms with E-state index in [0.29, 0.717) is 19.5 Å². The summed E-state index contributed by atoms with van der Waals surface area (Å²) in [5, 5.41) is 27.8. The lowest BCUT2D eigenvalue weighted by Gasteiger charge is -2.20. The molecule has 0 aliphatic heterocycles. The maximum atomic E-state index is 12.0. The van der Waals surface area contributed by atoms with E-state index in [-0.39, 0.29) is 25.2 Å². The lowest BCUT2D eigenvalue weighted by atomic mass is 10.1. The van der Waals surface area contributed by atoms with Crippen LogP contribution in [0.1, 0.15) is 90.4 Å². The quantitative estimate of drug-likeness (QED) is 0.233. The van der Waals surface area contributed by atoms with Gasteiger partial charge in [-0.05, 0) is 32.1 Å². The summed E-state index contributed by atoms with van der Waals surface area (Å²) in [6, 6.07) is 0. The zero-order valence-electron chi connectivity index (χ0n) is 17.4. The van der Waals surface area contributed by atoms with Crippen molar-refractivity contribution >= 4 is 5.91 Å². The van der Waals surface area contributed by atoms with Crippen LogP contribution in [0.2, 0.25) is 0 Å². The molecule has 0 heterocycles. The molecule has 0 aromatic carbocycles. The normalized spacial score (nSPS) is 12.6. The first-order chi connectivity index (χ1) is 13.2. The number of amides is 1. The highest BCUT2D eigenvalue weighted by molar-refractivity contribution is 5.76. The minimum Gasteiger partial charge on any atom is -0.395 e. The summed E-state index contributed by atoms with van der Waals surface area (Å²) in [7, 11) is 0. The van der Waals surface area contributed by atoms with Gasteiger partial charge in [0, 0.05) is 19.5 Å². The van der Waals surface area contributed by atoms with Crippen LogP contribution in [0.3, 0.4) is 0 Å². The molecule has 0 aromatic rings. The Hall–Kier alpha value is -0.910. The molecule has 0 fully saturated rings. The van der Waals surface area contributed by atoms with Gasteiger partial charge in [0.25, 0.3) is 0 Å². The fraction of sp³-hybridized carbons (Fsp3) is 0.864. The molecule has 0 bridgehead atoms. The van der Waals surface area contributed by atoms with Crippen LogP contribution in [0, 0.1) is 0 Å². The Bertz CT molecular complexity index is 354. The van der Waals surface area contributed by atoms with Crippen LogP contribution in [0.4, 0.5) is 0 Å². The first-order valence-electron chi connectivity index (χ1n) is 11.0. The Balaban J connectivity index is 3.51. The standard InChI is InChI=1S/C22H43NO4/c1-2-3-4-11-14-21(26)15-12-9-7-5-6-8-10-13-16-22(27)23(17-19-24)18-20-25/h9,12,21,24-26H,2-8,10-11,13-20H2,1H3/t21-/m1/s1. The number of hydrogen-bond donors (Lipinski definition) is 3. The molecule has 0 spiro atoms. The Morgan fingerprint density at radius 3 is 2.19 bits per heavy atom. The number of carbonyl (C=O) groups is 1.